The molecule has 2 unspecified atom stereocenters. The Morgan fingerprint density at radius 2 is 1.75 bits per heavy atom. The first-order valence-corrected chi connectivity index (χ1v) is 3.32. The minimum atomic E-state index is -1.66. The van der Waals surface area contributed by atoms with Crippen molar-refractivity contribution in [1.29, 1.82) is 0 Å². The molecule has 0 saturated carbocycles. The van der Waals surface area contributed by atoms with Gasteiger partial charge in [0, 0.05) is 0 Å². The third-order valence-corrected chi connectivity index (χ3v) is 1.59. The van der Waals surface area contributed by atoms with Crippen molar-refractivity contribution in [1.82, 2.24) is 0 Å². The van der Waals surface area contributed by atoms with Crippen molar-refractivity contribution in [2.24, 2.45) is 0 Å². The molecule has 0 spiro atoms. The van der Waals surface area contributed by atoms with Gasteiger partial charge in [0.1, 0.15) is 6.10 Å². The van der Waals surface area contributed by atoms with E-state index in [9.17, 15) is 0 Å². The van der Waals surface area contributed by atoms with Crippen LogP contribution in [0.2, 0.25) is 0 Å². The summed E-state index contributed by atoms with van der Waals surface area (Å²) in [4.78, 5) is 0. The zero-order valence-electron chi connectivity index (χ0n) is 6.08. The van der Waals surface area contributed by atoms with Gasteiger partial charge in [0.25, 0.3) is 0 Å². The predicted octanol–water partition coefficient (Wildman–Crippen LogP) is -1.62. The Morgan fingerprint density at radius 1 is 1.17 bits per heavy atom. The van der Waals surface area contributed by atoms with Crippen LogP contribution in [0.3, 0.4) is 0 Å². The predicted molar refractivity (Wildman–Crippen MR) is 36.3 cm³/mol. The molecule has 0 aromatic heterocycles. The lowest BCUT2D eigenvalue weighted by Crippen LogP contribution is -2.42. The summed E-state index contributed by atoms with van der Waals surface area (Å²) in [6, 6.07) is 0. The van der Waals surface area contributed by atoms with Crippen molar-refractivity contribution >= 4 is 0 Å². The average molecular weight is 178 g/mol. The SMILES string of the molecule is OCC1O[C@@H](O)C(O)C(O)=C1O. The Bertz CT molecular complexity index is 196. The molecule has 6 heteroatoms. The molecule has 0 aliphatic carbocycles. The van der Waals surface area contributed by atoms with E-state index in [2.05, 4.69) is 4.74 Å². The molecular formula is C6H10O6. The van der Waals surface area contributed by atoms with Gasteiger partial charge in [-0.1, -0.05) is 0 Å². The van der Waals surface area contributed by atoms with Crippen LogP contribution in [-0.2, 0) is 4.74 Å². The van der Waals surface area contributed by atoms with Gasteiger partial charge in [0.15, 0.2) is 23.9 Å². The van der Waals surface area contributed by atoms with Crippen LogP contribution in [0.4, 0.5) is 0 Å². The van der Waals surface area contributed by atoms with Gasteiger partial charge >= 0.3 is 0 Å². The molecule has 0 radical (unpaired) electrons. The Hall–Kier alpha value is -0.820. The van der Waals surface area contributed by atoms with Gasteiger partial charge in [-0.15, -0.1) is 0 Å². The fraction of sp³-hybridized carbons (Fsp3) is 0.667. The standard InChI is InChI=1S/C6H10O6/c7-1-2-3(8)4(9)5(10)6(11)12-2/h2,5-11H,1H2/t2?,5?,6-/m1/s1. The highest BCUT2D eigenvalue weighted by atomic mass is 16.6. The topological polar surface area (TPSA) is 110 Å². The fourth-order valence-electron chi connectivity index (χ4n) is 0.888. The maximum Gasteiger partial charge on any atom is 0.189 e. The summed E-state index contributed by atoms with van der Waals surface area (Å²) in [7, 11) is 0. The Kier molecular flexibility index (Phi) is 2.53. The van der Waals surface area contributed by atoms with Crippen LogP contribution in [0, 0.1) is 0 Å². The fourth-order valence-corrected chi connectivity index (χ4v) is 0.888. The van der Waals surface area contributed by atoms with Crippen LogP contribution in [-0.4, -0.2) is 50.6 Å². The Labute approximate surface area is 68.0 Å². The lowest BCUT2D eigenvalue weighted by atomic mass is 10.1. The minimum absolute atomic E-state index is 0.584. The van der Waals surface area contributed by atoms with Crippen molar-refractivity contribution in [3.8, 4) is 0 Å². The Morgan fingerprint density at radius 3 is 2.25 bits per heavy atom. The number of hydrogen-bond donors (Lipinski definition) is 5. The van der Waals surface area contributed by atoms with Gasteiger partial charge in [-0.05, 0) is 0 Å². The summed E-state index contributed by atoms with van der Waals surface area (Å²) in [5.41, 5.74) is 0. The Balaban J connectivity index is 2.87. The van der Waals surface area contributed by atoms with Crippen molar-refractivity contribution in [2.45, 2.75) is 18.5 Å². The van der Waals surface area contributed by atoms with Crippen LogP contribution in [0.25, 0.3) is 0 Å². The van der Waals surface area contributed by atoms with Gasteiger partial charge in [-0.25, -0.2) is 0 Å². The molecule has 1 rings (SSSR count). The van der Waals surface area contributed by atoms with E-state index in [4.69, 9.17) is 25.5 Å². The van der Waals surface area contributed by atoms with Crippen molar-refractivity contribution < 1.29 is 30.3 Å². The van der Waals surface area contributed by atoms with Gasteiger partial charge in [0.05, 0.1) is 6.61 Å². The molecular weight excluding hydrogens is 168 g/mol. The first-order valence-electron chi connectivity index (χ1n) is 3.32. The molecule has 0 saturated heterocycles. The molecule has 1 aliphatic rings. The van der Waals surface area contributed by atoms with E-state index in [-0.39, 0.29) is 0 Å². The van der Waals surface area contributed by atoms with Crippen LogP contribution in [0.1, 0.15) is 0 Å². The van der Waals surface area contributed by atoms with Crippen LogP contribution in [0.5, 0.6) is 0 Å². The number of rotatable bonds is 1. The third-order valence-electron chi connectivity index (χ3n) is 1.59. The van der Waals surface area contributed by atoms with E-state index in [0.29, 0.717) is 0 Å². The maximum atomic E-state index is 9.00. The number of aliphatic hydroxyl groups is 5. The molecule has 0 fully saturated rings. The van der Waals surface area contributed by atoms with E-state index in [1.54, 1.807) is 0 Å². The molecule has 0 bridgehead atoms. The van der Waals surface area contributed by atoms with Crippen molar-refractivity contribution in [2.75, 3.05) is 6.61 Å². The van der Waals surface area contributed by atoms with E-state index < -0.39 is 36.6 Å². The normalized spacial score (nSPS) is 37.1. The maximum absolute atomic E-state index is 9.00. The van der Waals surface area contributed by atoms with Crippen molar-refractivity contribution in [3.63, 3.8) is 0 Å². The van der Waals surface area contributed by atoms with E-state index >= 15 is 0 Å². The number of hydrogen-bond acceptors (Lipinski definition) is 6. The highest BCUT2D eigenvalue weighted by Crippen LogP contribution is 2.21. The monoisotopic (exact) mass is 178 g/mol. The molecule has 1 heterocycles. The lowest BCUT2D eigenvalue weighted by molar-refractivity contribution is -0.205. The van der Waals surface area contributed by atoms with Crippen LogP contribution in [0.15, 0.2) is 11.5 Å². The summed E-state index contributed by atoms with van der Waals surface area (Å²) in [6.07, 6.45) is -4.46. The molecule has 70 valence electrons. The van der Waals surface area contributed by atoms with E-state index in [1.807, 2.05) is 0 Å². The smallest absolute Gasteiger partial charge is 0.189 e. The zero-order chi connectivity index (χ0) is 9.30. The lowest BCUT2D eigenvalue weighted by Gasteiger charge is -2.28. The molecule has 0 aromatic rings. The second-order valence-electron chi connectivity index (χ2n) is 2.41. The second-order valence-corrected chi connectivity index (χ2v) is 2.41. The molecule has 5 N–H and O–H groups in total. The summed E-state index contributed by atoms with van der Waals surface area (Å²) in [5, 5.41) is 44.3. The average Bonchev–Trinajstić information content (AvgIpc) is 2.08. The molecule has 0 amide bonds. The van der Waals surface area contributed by atoms with E-state index in [1.165, 1.54) is 0 Å². The van der Waals surface area contributed by atoms with Gasteiger partial charge in [-0.2, -0.15) is 0 Å². The summed E-state index contributed by atoms with van der Waals surface area (Å²) in [5.74, 6) is -1.43. The largest absolute Gasteiger partial charge is 0.506 e. The van der Waals surface area contributed by atoms with Gasteiger partial charge in [-0.3, -0.25) is 0 Å². The summed E-state index contributed by atoms with van der Waals surface area (Å²) < 4.78 is 4.52. The van der Waals surface area contributed by atoms with Crippen molar-refractivity contribution in [3.05, 3.63) is 11.5 Å². The first-order chi connectivity index (χ1) is 5.57. The number of ether oxygens (including phenoxy) is 1. The molecule has 0 aromatic carbocycles. The van der Waals surface area contributed by atoms with Crippen LogP contribution >= 0.6 is 0 Å². The quantitative estimate of drug-likeness (QED) is 0.330. The van der Waals surface area contributed by atoms with E-state index in [0.717, 1.165) is 0 Å². The van der Waals surface area contributed by atoms with Crippen LogP contribution < -0.4 is 0 Å². The second kappa shape index (κ2) is 3.28. The number of aliphatic hydroxyl groups excluding tert-OH is 5. The molecule has 6 nitrogen and oxygen atoms in total. The molecule has 12 heavy (non-hydrogen) atoms. The molecule has 1 aliphatic heterocycles. The third kappa shape index (κ3) is 1.37. The summed E-state index contributed by atoms with van der Waals surface area (Å²) >= 11 is 0. The van der Waals surface area contributed by atoms with Gasteiger partial charge in [0.2, 0.25) is 0 Å². The minimum Gasteiger partial charge on any atom is -0.506 e. The van der Waals surface area contributed by atoms with Gasteiger partial charge < -0.3 is 30.3 Å². The highest BCUT2D eigenvalue weighted by Gasteiger charge is 2.35. The zero-order valence-corrected chi connectivity index (χ0v) is 6.08. The highest BCUT2D eigenvalue weighted by molar-refractivity contribution is 5.12. The molecule has 3 atom stereocenters. The summed E-state index contributed by atoms with van der Waals surface area (Å²) in [6.45, 7) is -0.584. The first kappa shape index (κ1) is 9.27.